The lowest BCUT2D eigenvalue weighted by Gasteiger charge is -2.40. The van der Waals surface area contributed by atoms with E-state index in [2.05, 4.69) is 24.1 Å². The van der Waals surface area contributed by atoms with E-state index in [0.29, 0.717) is 36.4 Å². The maximum atomic E-state index is 12.3. The lowest BCUT2D eigenvalue weighted by Crippen LogP contribution is -2.56. The second kappa shape index (κ2) is 6.02. The molecule has 1 saturated carbocycles. The SMILES string of the molecule is CCOC1CC(CC(=O)N2CC(C)NCC2C)C1. The quantitative estimate of drug-likeness (QED) is 0.824. The van der Waals surface area contributed by atoms with Crippen LogP contribution in [0.1, 0.15) is 40.0 Å². The second-order valence-corrected chi connectivity index (χ2v) is 5.82. The number of rotatable bonds is 4. The van der Waals surface area contributed by atoms with E-state index in [9.17, 15) is 4.79 Å². The summed E-state index contributed by atoms with van der Waals surface area (Å²) < 4.78 is 5.54. The minimum Gasteiger partial charge on any atom is -0.378 e. The summed E-state index contributed by atoms with van der Waals surface area (Å²) in [5.74, 6) is 0.877. The van der Waals surface area contributed by atoms with Crippen LogP contribution in [0.25, 0.3) is 0 Å². The Hall–Kier alpha value is -0.610. The van der Waals surface area contributed by atoms with Gasteiger partial charge in [-0.15, -0.1) is 0 Å². The van der Waals surface area contributed by atoms with Crippen molar-refractivity contribution in [1.29, 1.82) is 0 Å². The third-order valence-electron chi connectivity index (χ3n) is 4.14. The van der Waals surface area contributed by atoms with E-state index in [1.54, 1.807) is 0 Å². The van der Waals surface area contributed by atoms with Crippen LogP contribution in [0.4, 0.5) is 0 Å². The van der Waals surface area contributed by atoms with Crippen molar-refractivity contribution in [2.75, 3.05) is 19.7 Å². The zero-order valence-corrected chi connectivity index (χ0v) is 11.8. The molecule has 1 aliphatic heterocycles. The van der Waals surface area contributed by atoms with Crippen molar-refractivity contribution in [2.24, 2.45) is 5.92 Å². The van der Waals surface area contributed by atoms with Gasteiger partial charge < -0.3 is 15.0 Å². The van der Waals surface area contributed by atoms with Gasteiger partial charge >= 0.3 is 0 Å². The lowest BCUT2D eigenvalue weighted by molar-refractivity contribution is -0.138. The van der Waals surface area contributed by atoms with Crippen LogP contribution in [0.15, 0.2) is 0 Å². The maximum Gasteiger partial charge on any atom is 0.223 e. The van der Waals surface area contributed by atoms with E-state index in [4.69, 9.17) is 4.74 Å². The van der Waals surface area contributed by atoms with Crippen molar-refractivity contribution in [2.45, 2.75) is 58.2 Å². The van der Waals surface area contributed by atoms with Gasteiger partial charge in [0.2, 0.25) is 5.91 Å². The molecule has 4 heteroatoms. The molecule has 18 heavy (non-hydrogen) atoms. The van der Waals surface area contributed by atoms with Gasteiger partial charge in [-0.3, -0.25) is 4.79 Å². The van der Waals surface area contributed by atoms with Crippen LogP contribution in [-0.2, 0) is 9.53 Å². The topological polar surface area (TPSA) is 41.6 Å². The monoisotopic (exact) mass is 254 g/mol. The summed E-state index contributed by atoms with van der Waals surface area (Å²) >= 11 is 0. The van der Waals surface area contributed by atoms with E-state index < -0.39 is 0 Å². The van der Waals surface area contributed by atoms with Crippen LogP contribution in [0, 0.1) is 5.92 Å². The number of hydrogen-bond acceptors (Lipinski definition) is 3. The summed E-state index contributed by atoms with van der Waals surface area (Å²) in [5, 5.41) is 3.41. The molecule has 2 aliphatic rings. The molecule has 1 amide bonds. The molecule has 2 rings (SSSR count). The number of ether oxygens (including phenoxy) is 1. The van der Waals surface area contributed by atoms with Crippen LogP contribution < -0.4 is 5.32 Å². The highest BCUT2D eigenvalue weighted by Gasteiger charge is 2.34. The zero-order valence-electron chi connectivity index (χ0n) is 11.8. The normalized spacial score (nSPS) is 36.3. The predicted molar refractivity (Wildman–Crippen MR) is 71.4 cm³/mol. The van der Waals surface area contributed by atoms with Gasteiger partial charge in [0, 0.05) is 38.2 Å². The van der Waals surface area contributed by atoms with Crippen LogP contribution in [0.2, 0.25) is 0 Å². The molecule has 0 radical (unpaired) electrons. The largest absolute Gasteiger partial charge is 0.378 e. The number of piperazine rings is 1. The standard InChI is InChI=1S/C14H26N2O2/c1-4-18-13-5-12(6-13)7-14(17)16-9-10(2)15-8-11(16)3/h10-13,15H,4-9H2,1-3H3. The van der Waals surface area contributed by atoms with Crippen molar-refractivity contribution >= 4 is 5.91 Å². The Kier molecular flexibility index (Phi) is 4.62. The molecule has 0 spiro atoms. The van der Waals surface area contributed by atoms with Gasteiger partial charge in [0.1, 0.15) is 0 Å². The summed E-state index contributed by atoms with van der Waals surface area (Å²) in [7, 11) is 0. The van der Waals surface area contributed by atoms with E-state index in [0.717, 1.165) is 32.5 Å². The zero-order chi connectivity index (χ0) is 13.1. The maximum absolute atomic E-state index is 12.3. The van der Waals surface area contributed by atoms with Crippen LogP contribution in [-0.4, -0.2) is 48.7 Å². The van der Waals surface area contributed by atoms with Crippen LogP contribution in [0.3, 0.4) is 0 Å². The van der Waals surface area contributed by atoms with E-state index in [1.165, 1.54) is 0 Å². The Morgan fingerprint density at radius 3 is 2.78 bits per heavy atom. The molecule has 4 nitrogen and oxygen atoms in total. The average Bonchev–Trinajstić information content (AvgIpc) is 2.29. The molecular formula is C14H26N2O2. The Bertz CT molecular complexity index is 290. The second-order valence-electron chi connectivity index (χ2n) is 5.82. The fourth-order valence-corrected chi connectivity index (χ4v) is 2.95. The fourth-order valence-electron chi connectivity index (χ4n) is 2.95. The van der Waals surface area contributed by atoms with Crippen molar-refractivity contribution in [3.05, 3.63) is 0 Å². The number of carbonyl (C=O) groups is 1. The van der Waals surface area contributed by atoms with E-state index in [-0.39, 0.29) is 0 Å². The van der Waals surface area contributed by atoms with Gasteiger partial charge in [0.05, 0.1) is 6.10 Å². The molecule has 0 aromatic heterocycles. The Morgan fingerprint density at radius 2 is 2.11 bits per heavy atom. The van der Waals surface area contributed by atoms with Crippen molar-refractivity contribution in [3.63, 3.8) is 0 Å². The minimum atomic E-state index is 0.329. The summed E-state index contributed by atoms with van der Waals surface area (Å²) in [6.07, 6.45) is 3.25. The highest BCUT2D eigenvalue weighted by Crippen LogP contribution is 2.33. The Balaban J connectivity index is 1.74. The molecule has 0 aromatic rings. The van der Waals surface area contributed by atoms with Crippen LogP contribution in [0.5, 0.6) is 0 Å². The molecule has 1 N–H and O–H groups in total. The molecule has 1 saturated heterocycles. The number of nitrogens with one attached hydrogen (secondary N) is 1. The van der Waals surface area contributed by atoms with Gasteiger partial charge in [-0.25, -0.2) is 0 Å². The summed E-state index contributed by atoms with van der Waals surface area (Å²) in [5.41, 5.74) is 0. The van der Waals surface area contributed by atoms with Gasteiger partial charge in [-0.1, -0.05) is 0 Å². The third kappa shape index (κ3) is 3.23. The highest BCUT2D eigenvalue weighted by molar-refractivity contribution is 5.77. The van der Waals surface area contributed by atoms with E-state index in [1.807, 2.05) is 6.92 Å². The summed E-state index contributed by atoms with van der Waals surface area (Å²) in [6.45, 7) is 8.85. The number of nitrogens with zero attached hydrogens (tertiary/aromatic N) is 1. The first-order chi connectivity index (χ1) is 8.60. The molecule has 0 bridgehead atoms. The molecule has 2 atom stereocenters. The predicted octanol–water partition coefficient (Wildman–Crippen LogP) is 1.40. The first-order valence-electron chi connectivity index (χ1n) is 7.24. The number of carbonyl (C=O) groups excluding carboxylic acids is 1. The molecule has 2 fully saturated rings. The van der Waals surface area contributed by atoms with Gasteiger partial charge in [0.15, 0.2) is 0 Å². The Morgan fingerprint density at radius 1 is 1.39 bits per heavy atom. The lowest BCUT2D eigenvalue weighted by atomic mass is 9.79. The van der Waals surface area contributed by atoms with Crippen molar-refractivity contribution in [3.8, 4) is 0 Å². The number of hydrogen-bond donors (Lipinski definition) is 1. The molecule has 104 valence electrons. The Labute approximate surface area is 110 Å². The fraction of sp³-hybridized carbons (Fsp3) is 0.929. The van der Waals surface area contributed by atoms with Gasteiger partial charge in [-0.2, -0.15) is 0 Å². The minimum absolute atomic E-state index is 0.329. The van der Waals surface area contributed by atoms with Crippen molar-refractivity contribution < 1.29 is 9.53 Å². The molecule has 0 aromatic carbocycles. The van der Waals surface area contributed by atoms with Crippen LogP contribution >= 0.6 is 0 Å². The molecule has 1 aliphatic carbocycles. The summed E-state index contributed by atoms with van der Waals surface area (Å²) in [4.78, 5) is 14.3. The summed E-state index contributed by atoms with van der Waals surface area (Å²) in [6, 6.07) is 0.749. The smallest absolute Gasteiger partial charge is 0.223 e. The molecule has 2 unspecified atom stereocenters. The highest BCUT2D eigenvalue weighted by atomic mass is 16.5. The molecular weight excluding hydrogens is 228 g/mol. The number of amides is 1. The van der Waals surface area contributed by atoms with E-state index >= 15 is 0 Å². The third-order valence-corrected chi connectivity index (χ3v) is 4.14. The van der Waals surface area contributed by atoms with Gasteiger partial charge in [-0.05, 0) is 39.5 Å². The average molecular weight is 254 g/mol. The first kappa shape index (κ1) is 13.8. The van der Waals surface area contributed by atoms with Crippen molar-refractivity contribution in [1.82, 2.24) is 10.2 Å². The first-order valence-corrected chi connectivity index (χ1v) is 7.24. The van der Waals surface area contributed by atoms with Gasteiger partial charge in [0.25, 0.3) is 0 Å². The molecule has 1 heterocycles.